The van der Waals surface area contributed by atoms with Gasteiger partial charge in [-0.15, -0.1) is 5.10 Å². The van der Waals surface area contributed by atoms with Crippen molar-refractivity contribution < 1.29 is 9.53 Å². The van der Waals surface area contributed by atoms with Crippen molar-refractivity contribution >= 4 is 16.8 Å². The third-order valence-corrected chi connectivity index (χ3v) is 1.79. The number of hydrogen-bond donors (Lipinski definition) is 2. The Morgan fingerprint density at radius 2 is 2.29 bits per heavy atom. The number of para-hydroxylation sites is 1. The molecule has 1 aromatic carbocycles. The zero-order valence-corrected chi connectivity index (χ0v) is 7.36. The SMILES string of the molecule is NC(=O)COc1n[nH]c2ccccc12. The van der Waals surface area contributed by atoms with Crippen molar-refractivity contribution in [1.29, 1.82) is 0 Å². The largest absolute Gasteiger partial charge is 0.466 e. The minimum Gasteiger partial charge on any atom is -0.466 e. The van der Waals surface area contributed by atoms with E-state index < -0.39 is 5.91 Å². The van der Waals surface area contributed by atoms with Crippen LogP contribution in [0.2, 0.25) is 0 Å². The number of primary amides is 1. The first-order valence-electron chi connectivity index (χ1n) is 4.11. The summed E-state index contributed by atoms with van der Waals surface area (Å²) in [4.78, 5) is 10.5. The van der Waals surface area contributed by atoms with Crippen LogP contribution in [0, 0.1) is 0 Å². The highest BCUT2D eigenvalue weighted by Crippen LogP contribution is 2.21. The van der Waals surface area contributed by atoms with Crippen LogP contribution in [0.1, 0.15) is 0 Å². The van der Waals surface area contributed by atoms with Crippen LogP contribution in [0.4, 0.5) is 0 Å². The van der Waals surface area contributed by atoms with E-state index >= 15 is 0 Å². The number of amides is 1. The highest BCUT2D eigenvalue weighted by Gasteiger charge is 2.06. The van der Waals surface area contributed by atoms with E-state index in [9.17, 15) is 4.79 Å². The highest BCUT2D eigenvalue weighted by atomic mass is 16.5. The van der Waals surface area contributed by atoms with Crippen molar-refractivity contribution in [3.63, 3.8) is 0 Å². The molecule has 0 saturated heterocycles. The van der Waals surface area contributed by atoms with Gasteiger partial charge in [-0.3, -0.25) is 9.89 Å². The van der Waals surface area contributed by atoms with Crippen molar-refractivity contribution in [3.8, 4) is 5.88 Å². The molecule has 5 heteroatoms. The molecule has 2 rings (SSSR count). The second kappa shape index (κ2) is 3.37. The molecule has 0 spiro atoms. The summed E-state index contributed by atoms with van der Waals surface area (Å²) in [5, 5.41) is 7.54. The Morgan fingerprint density at radius 3 is 3.07 bits per heavy atom. The molecule has 1 aromatic heterocycles. The molecular formula is C9H9N3O2. The quantitative estimate of drug-likeness (QED) is 0.738. The van der Waals surface area contributed by atoms with Crippen molar-refractivity contribution in [2.45, 2.75) is 0 Å². The number of carbonyl (C=O) groups excluding carboxylic acids is 1. The fourth-order valence-electron chi connectivity index (χ4n) is 1.19. The van der Waals surface area contributed by atoms with Gasteiger partial charge in [-0.25, -0.2) is 0 Å². The van der Waals surface area contributed by atoms with Crippen molar-refractivity contribution in [1.82, 2.24) is 10.2 Å². The number of aromatic amines is 1. The Balaban J connectivity index is 2.29. The molecule has 0 aliphatic carbocycles. The summed E-state index contributed by atoms with van der Waals surface area (Å²) in [6.07, 6.45) is 0. The van der Waals surface area contributed by atoms with Gasteiger partial charge in [-0.2, -0.15) is 0 Å². The predicted octanol–water partition coefficient (Wildman–Crippen LogP) is 0.427. The first-order chi connectivity index (χ1) is 6.77. The molecule has 1 heterocycles. The van der Waals surface area contributed by atoms with Gasteiger partial charge < -0.3 is 10.5 Å². The lowest BCUT2D eigenvalue weighted by Crippen LogP contribution is -2.20. The smallest absolute Gasteiger partial charge is 0.255 e. The van der Waals surface area contributed by atoms with E-state index in [0.717, 1.165) is 10.9 Å². The topological polar surface area (TPSA) is 81.0 Å². The van der Waals surface area contributed by atoms with E-state index in [0.29, 0.717) is 5.88 Å². The zero-order valence-electron chi connectivity index (χ0n) is 7.36. The molecule has 0 aliphatic rings. The Labute approximate surface area is 79.9 Å². The van der Waals surface area contributed by atoms with Crippen molar-refractivity contribution in [2.24, 2.45) is 5.73 Å². The number of benzene rings is 1. The number of nitrogens with one attached hydrogen (secondary N) is 1. The molecule has 0 saturated carbocycles. The summed E-state index contributed by atoms with van der Waals surface area (Å²) in [5.74, 6) is -0.114. The third-order valence-electron chi connectivity index (χ3n) is 1.79. The van der Waals surface area contributed by atoms with E-state index in [1.165, 1.54) is 0 Å². The van der Waals surface area contributed by atoms with Crippen molar-refractivity contribution in [3.05, 3.63) is 24.3 Å². The summed E-state index contributed by atoms with van der Waals surface area (Å²) in [5.41, 5.74) is 5.82. The van der Waals surface area contributed by atoms with E-state index in [4.69, 9.17) is 10.5 Å². The van der Waals surface area contributed by atoms with Crippen molar-refractivity contribution in [2.75, 3.05) is 6.61 Å². The number of carbonyl (C=O) groups is 1. The maximum Gasteiger partial charge on any atom is 0.255 e. The summed E-state index contributed by atoms with van der Waals surface area (Å²) in [6, 6.07) is 7.49. The van der Waals surface area contributed by atoms with E-state index in [2.05, 4.69) is 10.2 Å². The van der Waals surface area contributed by atoms with Gasteiger partial charge in [0, 0.05) is 0 Å². The minimum atomic E-state index is -0.517. The number of rotatable bonds is 3. The maximum absolute atomic E-state index is 10.5. The normalized spacial score (nSPS) is 10.3. The molecule has 0 unspecified atom stereocenters. The predicted molar refractivity (Wildman–Crippen MR) is 50.8 cm³/mol. The fraction of sp³-hybridized carbons (Fsp3) is 0.111. The average molecular weight is 191 g/mol. The van der Waals surface area contributed by atoms with Gasteiger partial charge in [0.25, 0.3) is 5.91 Å². The molecular weight excluding hydrogens is 182 g/mol. The van der Waals surface area contributed by atoms with Gasteiger partial charge in [-0.1, -0.05) is 12.1 Å². The molecule has 5 nitrogen and oxygen atoms in total. The highest BCUT2D eigenvalue weighted by molar-refractivity contribution is 5.84. The van der Waals surface area contributed by atoms with Gasteiger partial charge in [-0.05, 0) is 12.1 Å². The molecule has 0 radical (unpaired) electrons. The van der Waals surface area contributed by atoms with E-state index in [1.54, 1.807) is 0 Å². The molecule has 0 bridgehead atoms. The first kappa shape index (κ1) is 8.55. The number of nitrogens with zero attached hydrogens (tertiary/aromatic N) is 1. The average Bonchev–Trinajstić information content (AvgIpc) is 2.58. The molecule has 1 amide bonds. The Bertz CT molecular complexity index is 464. The number of nitrogens with two attached hydrogens (primary N) is 1. The maximum atomic E-state index is 10.5. The molecule has 0 fully saturated rings. The van der Waals surface area contributed by atoms with Gasteiger partial charge in [0.1, 0.15) is 0 Å². The minimum absolute atomic E-state index is 0.158. The summed E-state index contributed by atoms with van der Waals surface area (Å²) >= 11 is 0. The monoisotopic (exact) mass is 191 g/mol. The standard InChI is InChI=1S/C9H9N3O2/c10-8(13)5-14-9-6-3-1-2-4-7(6)11-12-9/h1-4H,5H2,(H2,10,13)(H,11,12). The fourth-order valence-corrected chi connectivity index (χ4v) is 1.19. The lowest BCUT2D eigenvalue weighted by Gasteiger charge is -1.98. The van der Waals surface area contributed by atoms with Crippen LogP contribution in [0.3, 0.4) is 0 Å². The van der Waals surface area contributed by atoms with Crippen LogP contribution in [-0.4, -0.2) is 22.7 Å². The summed E-state index contributed by atoms with van der Waals surface area (Å²) < 4.78 is 5.10. The van der Waals surface area contributed by atoms with Crippen LogP contribution in [0.15, 0.2) is 24.3 Å². The third kappa shape index (κ3) is 1.52. The van der Waals surface area contributed by atoms with Crippen LogP contribution < -0.4 is 10.5 Å². The Kier molecular flexibility index (Phi) is 2.06. The Morgan fingerprint density at radius 1 is 1.50 bits per heavy atom. The molecule has 72 valence electrons. The summed E-state index contributed by atoms with van der Waals surface area (Å²) in [6.45, 7) is -0.158. The second-order valence-electron chi connectivity index (χ2n) is 2.83. The molecule has 2 aromatic rings. The summed E-state index contributed by atoms with van der Waals surface area (Å²) in [7, 11) is 0. The van der Waals surface area contributed by atoms with E-state index in [1.807, 2.05) is 24.3 Å². The molecule has 14 heavy (non-hydrogen) atoms. The first-order valence-corrected chi connectivity index (χ1v) is 4.11. The lowest BCUT2D eigenvalue weighted by molar-refractivity contribution is -0.120. The van der Waals surface area contributed by atoms with Crippen LogP contribution >= 0.6 is 0 Å². The van der Waals surface area contributed by atoms with Crippen LogP contribution in [0.25, 0.3) is 10.9 Å². The van der Waals surface area contributed by atoms with E-state index in [-0.39, 0.29) is 6.61 Å². The van der Waals surface area contributed by atoms with Gasteiger partial charge in [0.05, 0.1) is 10.9 Å². The van der Waals surface area contributed by atoms with Gasteiger partial charge in [0.15, 0.2) is 6.61 Å². The number of H-pyrrole nitrogens is 1. The van der Waals surface area contributed by atoms with Gasteiger partial charge in [0.2, 0.25) is 5.88 Å². The van der Waals surface area contributed by atoms with Gasteiger partial charge >= 0.3 is 0 Å². The Hall–Kier alpha value is -2.04. The molecule has 0 atom stereocenters. The number of ether oxygens (including phenoxy) is 1. The molecule has 3 N–H and O–H groups in total. The number of aromatic nitrogens is 2. The number of hydrogen-bond acceptors (Lipinski definition) is 3. The van der Waals surface area contributed by atoms with Crippen LogP contribution in [0.5, 0.6) is 5.88 Å². The zero-order chi connectivity index (χ0) is 9.97. The number of fused-ring (bicyclic) bond motifs is 1. The van der Waals surface area contributed by atoms with Crippen LogP contribution in [-0.2, 0) is 4.79 Å². The lowest BCUT2D eigenvalue weighted by atomic mass is 10.2. The second-order valence-corrected chi connectivity index (χ2v) is 2.83. The molecule has 0 aliphatic heterocycles.